The molecule has 0 aromatic heterocycles. The van der Waals surface area contributed by atoms with Crippen LogP contribution in [0.25, 0.3) is 6.08 Å². The molecule has 2 aromatic carbocycles. The minimum atomic E-state index is -0.0490. The molecule has 0 spiro atoms. The third kappa shape index (κ3) is 4.55. The summed E-state index contributed by atoms with van der Waals surface area (Å²) in [6, 6.07) is 17.8. The third-order valence-corrected chi connectivity index (χ3v) is 7.23. The molecule has 0 bridgehead atoms. The number of benzene rings is 2. The van der Waals surface area contributed by atoms with Crippen LogP contribution in [0.2, 0.25) is 0 Å². The van der Waals surface area contributed by atoms with Crippen LogP contribution in [0.15, 0.2) is 54.1 Å². The fourth-order valence-corrected chi connectivity index (χ4v) is 4.34. The Labute approximate surface area is 189 Å². The Bertz CT molecular complexity index is 821. The van der Waals surface area contributed by atoms with Crippen LogP contribution < -0.4 is 24.8 Å². The summed E-state index contributed by atoms with van der Waals surface area (Å²) >= 11 is 2.24. The van der Waals surface area contributed by atoms with E-state index in [1.54, 1.807) is 0 Å². The van der Waals surface area contributed by atoms with Gasteiger partial charge in [0.2, 0.25) is 0 Å². The van der Waals surface area contributed by atoms with Gasteiger partial charge in [-0.3, -0.25) is 0 Å². The van der Waals surface area contributed by atoms with Crippen LogP contribution >= 0.6 is 0 Å². The van der Waals surface area contributed by atoms with Crippen LogP contribution in [0.3, 0.4) is 0 Å². The first-order valence-corrected chi connectivity index (χ1v) is 9.72. The number of rotatable bonds is 3. The molecule has 27 heavy (non-hydrogen) atoms. The van der Waals surface area contributed by atoms with E-state index in [2.05, 4.69) is 120 Å². The van der Waals surface area contributed by atoms with E-state index < -0.39 is 0 Å². The summed E-state index contributed by atoms with van der Waals surface area (Å²) in [5.41, 5.74) is 7.14. The van der Waals surface area contributed by atoms with Crippen molar-refractivity contribution < 1.29 is 45.5 Å². The molecule has 0 amide bonds. The Morgan fingerprint density at radius 3 is 1.93 bits per heavy atom. The first kappa shape index (κ1) is 24.5. The van der Waals surface area contributed by atoms with Crippen molar-refractivity contribution in [3.05, 3.63) is 76.4 Å². The number of nitrogens with zero attached hydrogens (tertiary/aromatic N) is 1. The quantitative estimate of drug-likeness (QED) is 0.614. The van der Waals surface area contributed by atoms with Crippen molar-refractivity contribution in [2.45, 2.75) is 58.5 Å². The maximum atomic E-state index is 2.48. The van der Waals surface area contributed by atoms with Gasteiger partial charge in [-0.1, -0.05) is 0 Å². The normalized spacial score (nSPS) is 16.3. The van der Waals surface area contributed by atoms with Gasteiger partial charge in [0.1, 0.15) is 0 Å². The van der Waals surface area contributed by atoms with Crippen LogP contribution in [0, 0.1) is 0 Å². The van der Waals surface area contributed by atoms with Gasteiger partial charge in [0.05, 0.1) is 0 Å². The van der Waals surface area contributed by atoms with Crippen LogP contribution in [0.5, 0.6) is 0 Å². The fraction of sp³-hybridized carbons (Fsp3) is 0.391. The molecule has 0 radical (unpaired) electrons. The Kier molecular flexibility index (Phi) is 8.02. The Morgan fingerprint density at radius 2 is 1.33 bits per heavy atom. The van der Waals surface area contributed by atoms with E-state index in [1.807, 2.05) is 0 Å². The van der Waals surface area contributed by atoms with Crippen LogP contribution in [-0.2, 0) is 26.2 Å². The molecule has 0 saturated carbocycles. The van der Waals surface area contributed by atoms with Crippen molar-refractivity contribution in [3.8, 4) is 0 Å². The predicted molar refractivity (Wildman–Crippen MR) is 103 cm³/mol. The zero-order valence-electron chi connectivity index (χ0n) is 17.0. The van der Waals surface area contributed by atoms with E-state index in [0.717, 1.165) is 0 Å². The summed E-state index contributed by atoms with van der Waals surface area (Å²) < 4.78 is 2.48. The second kappa shape index (κ2) is 8.85. The van der Waals surface area contributed by atoms with Gasteiger partial charge < -0.3 is 24.8 Å². The van der Waals surface area contributed by atoms with Crippen molar-refractivity contribution in [3.63, 3.8) is 0 Å². The molecule has 143 valence electrons. The van der Waals surface area contributed by atoms with E-state index in [4.69, 9.17) is 0 Å². The molecule has 2 aromatic rings. The predicted octanol–water partition coefficient (Wildman–Crippen LogP) is 0.0408. The topological polar surface area (TPSA) is 3.24 Å². The van der Waals surface area contributed by atoms with Crippen LogP contribution in [0.1, 0.15) is 69.7 Å². The molecule has 0 saturated heterocycles. The minimum absolute atomic E-state index is 0. The zero-order valence-corrected chi connectivity index (χ0v) is 20.1. The van der Waals surface area contributed by atoms with Crippen molar-refractivity contribution in [2.24, 2.45) is 0 Å². The van der Waals surface area contributed by atoms with Gasteiger partial charge in [-0.15, -0.1) is 0 Å². The maximum Gasteiger partial charge on any atom is -1.00 e. The maximum absolute atomic E-state index is 2.48. The molecule has 4 heteroatoms. The van der Waals surface area contributed by atoms with Gasteiger partial charge in [0.25, 0.3) is 0 Å². The monoisotopic (exact) mass is 436 g/mol. The van der Waals surface area contributed by atoms with Gasteiger partial charge >= 0.3 is 165 Å². The first-order chi connectivity index (χ1) is 11.6. The Balaban J connectivity index is 0.00000182. The number of hydrogen-bond acceptors (Lipinski definition) is 1. The van der Waals surface area contributed by atoms with Crippen LogP contribution in [0.4, 0.5) is 0 Å². The molecule has 1 atom stereocenters. The minimum Gasteiger partial charge on any atom is -1.00 e. The molecule has 1 nitrogen and oxygen atoms in total. The standard InChI is InChI=1S/C23H28N.2ClH.Ti/c1-16-15-17-11-7-8-12-18(17)21(16)19-13-9-10-14-20(19)23(5,6)24-22(2,3)4;;;/h7-15,21H,1-6H3;2*1H;/q-1;;;+3/p-2. The van der Waals surface area contributed by atoms with E-state index in [1.165, 1.54) is 27.8 Å². The summed E-state index contributed by atoms with van der Waals surface area (Å²) in [6.45, 7) is 13.8. The molecular formula is C23H28Cl2NTi. The zero-order chi connectivity index (χ0) is 18.4. The molecule has 1 aliphatic carbocycles. The Morgan fingerprint density at radius 1 is 0.815 bits per heavy atom. The molecule has 0 aliphatic heterocycles. The molecular weight excluding hydrogens is 409 g/mol. The van der Waals surface area contributed by atoms with Gasteiger partial charge in [-0.25, -0.2) is 0 Å². The molecule has 3 rings (SSSR count). The molecule has 0 fully saturated rings. The van der Waals surface area contributed by atoms with Crippen molar-refractivity contribution in [2.75, 3.05) is 0 Å². The molecule has 0 heterocycles. The molecule has 0 N–H and O–H groups in total. The average molecular weight is 437 g/mol. The summed E-state index contributed by atoms with van der Waals surface area (Å²) in [6.07, 6.45) is 2.34. The number of fused-ring (bicyclic) bond motifs is 1. The SMILES string of the molecule is CC1=Cc2ccccc2C1c1ccccc1C(C)(C)[N]([Ti+2])C(C)(C)C.[Cl-].[Cl-]. The summed E-state index contributed by atoms with van der Waals surface area (Å²) in [5, 5.41) is 0. The summed E-state index contributed by atoms with van der Waals surface area (Å²) in [7, 11) is 0. The summed E-state index contributed by atoms with van der Waals surface area (Å²) in [4.78, 5) is 0. The fourth-order valence-electron chi connectivity index (χ4n) is 4.16. The average Bonchev–Trinajstić information content (AvgIpc) is 2.89. The van der Waals surface area contributed by atoms with Crippen molar-refractivity contribution >= 4 is 6.08 Å². The van der Waals surface area contributed by atoms with E-state index in [-0.39, 0.29) is 35.9 Å². The van der Waals surface area contributed by atoms with Crippen molar-refractivity contribution in [1.29, 1.82) is 0 Å². The second-order valence-corrected chi connectivity index (χ2v) is 9.30. The number of hydrogen-bond donors (Lipinski definition) is 0. The van der Waals surface area contributed by atoms with Gasteiger partial charge in [0.15, 0.2) is 0 Å². The summed E-state index contributed by atoms with van der Waals surface area (Å²) in [5.74, 6) is 0.361. The van der Waals surface area contributed by atoms with E-state index in [9.17, 15) is 0 Å². The van der Waals surface area contributed by atoms with Gasteiger partial charge in [0, 0.05) is 0 Å². The largest absolute Gasteiger partial charge is 1.00 e. The van der Waals surface area contributed by atoms with Crippen LogP contribution in [-0.4, -0.2) is 8.92 Å². The number of halogens is 2. The van der Waals surface area contributed by atoms with E-state index in [0.29, 0.717) is 5.92 Å². The molecule has 1 unspecified atom stereocenters. The number of allylic oxidation sites excluding steroid dienone is 1. The van der Waals surface area contributed by atoms with Gasteiger partial charge in [-0.2, -0.15) is 0 Å². The molecule has 1 aliphatic rings. The first-order valence-electron chi connectivity index (χ1n) is 9.02. The van der Waals surface area contributed by atoms with Gasteiger partial charge in [-0.05, 0) is 0 Å². The smallest absolute Gasteiger partial charge is 1.00 e. The Hall–Kier alpha value is -0.566. The van der Waals surface area contributed by atoms with E-state index >= 15 is 0 Å². The second-order valence-electron chi connectivity index (χ2n) is 8.60. The third-order valence-electron chi connectivity index (χ3n) is 5.31. The van der Waals surface area contributed by atoms with Crippen molar-refractivity contribution in [1.82, 2.24) is 3.38 Å².